The Morgan fingerprint density at radius 1 is 1.17 bits per heavy atom. The molecule has 0 bridgehead atoms. The first-order valence-corrected chi connectivity index (χ1v) is 6.39. The van der Waals surface area contributed by atoms with Crippen molar-refractivity contribution < 1.29 is 5.11 Å². The number of hydrogen-bond acceptors (Lipinski definition) is 4. The third-order valence-electron chi connectivity index (χ3n) is 3.52. The van der Waals surface area contributed by atoms with Crippen LogP contribution in [0.3, 0.4) is 0 Å². The zero-order valence-electron chi connectivity index (χ0n) is 10.4. The zero-order valence-corrected chi connectivity index (χ0v) is 10.4. The highest BCUT2D eigenvalue weighted by Crippen LogP contribution is 2.17. The molecule has 1 aliphatic rings. The van der Waals surface area contributed by atoms with Gasteiger partial charge in [-0.2, -0.15) is 0 Å². The van der Waals surface area contributed by atoms with E-state index in [1.54, 1.807) is 0 Å². The topological polar surface area (TPSA) is 44.0 Å². The van der Waals surface area contributed by atoms with E-state index in [-0.39, 0.29) is 6.61 Å². The van der Waals surface area contributed by atoms with Crippen LogP contribution in [0.15, 0.2) is 30.6 Å². The molecule has 0 aromatic carbocycles. The molecule has 2 aromatic rings. The highest BCUT2D eigenvalue weighted by molar-refractivity contribution is 5.51. The van der Waals surface area contributed by atoms with Gasteiger partial charge in [0.05, 0.1) is 6.61 Å². The molecule has 1 aliphatic heterocycles. The van der Waals surface area contributed by atoms with Crippen molar-refractivity contribution in [1.82, 2.24) is 14.3 Å². The number of β-amino-alcohol motifs (C(OH)–C–C–N with tert-alkyl or cyclic N) is 1. The van der Waals surface area contributed by atoms with Crippen LogP contribution >= 0.6 is 0 Å². The van der Waals surface area contributed by atoms with Crippen molar-refractivity contribution in [3.05, 3.63) is 30.6 Å². The van der Waals surface area contributed by atoms with Crippen LogP contribution in [0.25, 0.3) is 5.65 Å². The summed E-state index contributed by atoms with van der Waals surface area (Å²) in [5.74, 6) is 1.20. The second-order valence-electron chi connectivity index (χ2n) is 4.59. The van der Waals surface area contributed by atoms with Crippen LogP contribution < -0.4 is 4.90 Å². The molecule has 2 aromatic heterocycles. The molecule has 0 aliphatic carbocycles. The zero-order chi connectivity index (χ0) is 12.4. The number of nitrogens with zero attached hydrogens (tertiary/aromatic N) is 4. The summed E-state index contributed by atoms with van der Waals surface area (Å²) in [6.45, 7) is 5.03. The van der Waals surface area contributed by atoms with Crippen LogP contribution in [-0.2, 0) is 0 Å². The highest BCUT2D eigenvalue weighted by Gasteiger charge is 2.18. The molecule has 0 unspecified atom stereocenters. The normalized spacial score (nSPS) is 17.5. The maximum atomic E-state index is 8.95. The Bertz CT molecular complexity index is 516. The lowest BCUT2D eigenvalue weighted by Gasteiger charge is -2.35. The van der Waals surface area contributed by atoms with Crippen molar-refractivity contribution in [3.63, 3.8) is 0 Å². The smallest absolute Gasteiger partial charge is 0.138 e. The first-order valence-electron chi connectivity index (χ1n) is 6.39. The SMILES string of the molecule is OCCN1CCN(c2cccc3nccn23)CC1. The Morgan fingerprint density at radius 2 is 2.00 bits per heavy atom. The fourth-order valence-corrected chi connectivity index (χ4v) is 2.53. The lowest BCUT2D eigenvalue weighted by atomic mass is 10.3. The third-order valence-corrected chi connectivity index (χ3v) is 3.52. The van der Waals surface area contributed by atoms with Gasteiger partial charge in [0.2, 0.25) is 0 Å². The molecule has 0 atom stereocenters. The van der Waals surface area contributed by atoms with Crippen molar-refractivity contribution in [2.24, 2.45) is 0 Å². The van der Waals surface area contributed by atoms with Gasteiger partial charge < -0.3 is 10.0 Å². The molecule has 1 N–H and O–H groups in total. The molecule has 96 valence electrons. The molecule has 3 heterocycles. The molecular weight excluding hydrogens is 228 g/mol. The minimum atomic E-state index is 0.247. The van der Waals surface area contributed by atoms with Crippen LogP contribution in [0.4, 0.5) is 5.82 Å². The van der Waals surface area contributed by atoms with E-state index in [2.05, 4.69) is 31.3 Å². The summed E-state index contributed by atoms with van der Waals surface area (Å²) in [5.41, 5.74) is 0.991. The quantitative estimate of drug-likeness (QED) is 0.854. The second-order valence-corrected chi connectivity index (χ2v) is 4.59. The van der Waals surface area contributed by atoms with Crippen molar-refractivity contribution >= 4 is 11.5 Å². The Morgan fingerprint density at radius 3 is 2.78 bits per heavy atom. The summed E-state index contributed by atoms with van der Waals surface area (Å²) in [6.07, 6.45) is 3.84. The molecule has 0 saturated carbocycles. The fraction of sp³-hybridized carbons (Fsp3) is 0.462. The predicted octanol–water partition coefficient (Wildman–Crippen LogP) is 0.449. The largest absolute Gasteiger partial charge is 0.395 e. The van der Waals surface area contributed by atoms with Gasteiger partial charge in [0.1, 0.15) is 11.5 Å². The first kappa shape index (κ1) is 11.5. The molecule has 18 heavy (non-hydrogen) atoms. The number of hydrogen-bond donors (Lipinski definition) is 1. The van der Waals surface area contributed by atoms with Gasteiger partial charge in [0, 0.05) is 45.1 Å². The molecule has 0 spiro atoms. The summed E-state index contributed by atoms with van der Waals surface area (Å²) in [7, 11) is 0. The van der Waals surface area contributed by atoms with Gasteiger partial charge >= 0.3 is 0 Å². The standard InChI is InChI=1S/C13H18N4O/c18-11-10-15-6-8-16(9-7-15)13-3-1-2-12-14-4-5-17(12)13/h1-5,18H,6-11H2. The van der Waals surface area contributed by atoms with Crippen LogP contribution in [0, 0.1) is 0 Å². The second kappa shape index (κ2) is 4.96. The average molecular weight is 246 g/mol. The average Bonchev–Trinajstić information content (AvgIpc) is 2.88. The number of anilines is 1. The first-order chi connectivity index (χ1) is 8.88. The number of rotatable bonds is 3. The van der Waals surface area contributed by atoms with Crippen LogP contribution in [0.5, 0.6) is 0 Å². The molecule has 0 radical (unpaired) electrons. The van der Waals surface area contributed by atoms with Crippen molar-refractivity contribution in [1.29, 1.82) is 0 Å². The number of piperazine rings is 1. The monoisotopic (exact) mass is 246 g/mol. The molecule has 1 fully saturated rings. The molecule has 1 saturated heterocycles. The van der Waals surface area contributed by atoms with Crippen LogP contribution in [0.1, 0.15) is 0 Å². The summed E-state index contributed by atoms with van der Waals surface area (Å²) >= 11 is 0. The van der Waals surface area contributed by atoms with E-state index in [4.69, 9.17) is 5.11 Å². The number of aromatic nitrogens is 2. The van der Waals surface area contributed by atoms with Gasteiger partial charge in [-0.05, 0) is 12.1 Å². The number of fused-ring (bicyclic) bond motifs is 1. The molecule has 0 amide bonds. The summed E-state index contributed by atoms with van der Waals surface area (Å²) in [6, 6.07) is 6.21. The molecule has 5 heteroatoms. The van der Waals surface area contributed by atoms with E-state index in [1.807, 2.05) is 18.5 Å². The molecular formula is C13H18N4O. The van der Waals surface area contributed by atoms with E-state index in [0.717, 1.165) is 38.4 Å². The minimum absolute atomic E-state index is 0.247. The summed E-state index contributed by atoms with van der Waals surface area (Å²) in [5, 5.41) is 8.95. The summed E-state index contributed by atoms with van der Waals surface area (Å²) in [4.78, 5) is 8.99. The minimum Gasteiger partial charge on any atom is -0.395 e. The van der Waals surface area contributed by atoms with E-state index in [0.29, 0.717) is 0 Å². The van der Waals surface area contributed by atoms with Gasteiger partial charge in [-0.15, -0.1) is 0 Å². The summed E-state index contributed by atoms with van der Waals surface area (Å²) < 4.78 is 2.13. The fourth-order valence-electron chi connectivity index (χ4n) is 2.53. The Labute approximate surface area is 106 Å². The van der Waals surface area contributed by atoms with Gasteiger partial charge in [0.25, 0.3) is 0 Å². The predicted molar refractivity (Wildman–Crippen MR) is 70.9 cm³/mol. The van der Waals surface area contributed by atoms with Gasteiger partial charge in [-0.25, -0.2) is 4.98 Å². The van der Waals surface area contributed by atoms with E-state index >= 15 is 0 Å². The van der Waals surface area contributed by atoms with Gasteiger partial charge in [-0.3, -0.25) is 9.30 Å². The Balaban J connectivity index is 1.78. The van der Waals surface area contributed by atoms with E-state index < -0.39 is 0 Å². The number of aliphatic hydroxyl groups is 1. The maximum absolute atomic E-state index is 8.95. The van der Waals surface area contributed by atoms with Gasteiger partial charge in [-0.1, -0.05) is 6.07 Å². The molecule has 5 nitrogen and oxygen atoms in total. The van der Waals surface area contributed by atoms with E-state index in [9.17, 15) is 0 Å². The van der Waals surface area contributed by atoms with E-state index in [1.165, 1.54) is 5.82 Å². The van der Waals surface area contributed by atoms with Crippen molar-refractivity contribution in [2.75, 3.05) is 44.2 Å². The van der Waals surface area contributed by atoms with Crippen molar-refractivity contribution in [3.8, 4) is 0 Å². The lowest BCUT2D eigenvalue weighted by molar-refractivity contribution is 0.188. The maximum Gasteiger partial charge on any atom is 0.138 e. The molecule has 3 rings (SSSR count). The number of aliphatic hydroxyl groups excluding tert-OH is 1. The Hall–Kier alpha value is -1.59. The highest BCUT2D eigenvalue weighted by atomic mass is 16.3. The van der Waals surface area contributed by atoms with Crippen LogP contribution in [0.2, 0.25) is 0 Å². The third kappa shape index (κ3) is 2.07. The number of imidazole rings is 1. The van der Waals surface area contributed by atoms with Gasteiger partial charge in [0.15, 0.2) is 0 Å². The Kier molecular flexibility index (Phi) is 3.17. The number of pyridine rings is 1. The van der Waals surface area contributed by atoms with Crippen LogP contribution in [-0.4, -0.2) is 58.7 Å². The lowest BCUT2D eigenvalue weighted by Crippen LogP contribution is -2.47. The van der Waals surface area contributed by atoms with Crippen molar-refractivity contribution in [2.45, 2.75) is 0 Å².